The Bertz CT molecular complexity index is 835. The molecule has 0 spiro atoms. The molecule has 2 aromatic rings. The van der Waals surface area contributed by atoms with Gasteiger partial charge in [0.2, 0.25) is 11.8 Å². The van der Waals surface area contributed by atoms with Crippen LogP contribution in [0.1, 0.15) is 36.2 Å². The lowest BCUT2D eigenvalue weighted by Crippen LogP contribution is -2.40. The van der Waals surface area contributed by atoms with Gasteiger partial charge in [-0.1, -0.05) is 24.3 Å². The van der Waals surface area contributed by atoms with Gasteiger partial charge >= 0.3 is 6.18 Å². The monoisotopic (exact) mass is 383 g/mol. The van der Waals surface area contributed by atoms with Gasteiger partial charge in [-0.05, 0) is 17.5 Å². The quantitative estimate of drug-likeness (QED) is 0.880. The molecule has 1 atom stereocenters. The van der Waals surface area contributed by atoms with Crippen molar-refractivity contribution in [2.24, 2.45) is 0 Å². The maximum absolute atomic E-state index is 12.6. The normalized spacial score (nSPS) is 16.9. The van der Waals surface area contributed by atoms with Crippen molar-refractivity contribution in [3.05, 3.63) is 46.5 Å². The second-order valence-corrected chi connectivity index (χ2v) is 6.82. The molecule has 138 valence electrons. The first-order chi connectivity index (χ1) is 12.3. The summed E-state index contributed by atoms with van der Waals surface area (Å²) in [7, 11) is 0. The number of hydrogen-bond donors (Lipinski definition) is 1. The fourth-order valence-corrected chi connectivity index (χ4v) is 3.79. The molecule has 9 heteroatoms. The van der Waals surface area contributed by atoms with E-state index in [9.17, 15) is 22.8 Å². The number of benzene rings is 1. The first kappa shape index (κ1) is 18.4. The summed E-state index contributed by atoms with van der Waals surface area (Å²) < 4.78 is 37.8. The van der Waals surface area contributed by atoms with Gasteiger partial charge in [-0.2, -0.15) is 13.2 Å². The highest BCUT2D eigenvalue weighted by atomic mass is 32.1. The van der Waals surface area contributed by atoms with Crippen LogP contribution >= 0.6 is 11.3 Å². The summed E-state index contributed by atoms with van der Waals surface area (Å²) >= 11 is 0.716. The highest BCUT2D eigenvalue weighted by molar-refractivity contribution is 7.13. The van der Waals surface area contributed by atoms with E-state index in [1.165, 1.54) is 6.92 Å². The fourth-order valence-electron chi connectivity index (χ4n) is 3.06. The number of carbonyl (C=O) groups is 2. The number of thiazole rings is 1. The van der Waals surface area contributed by atoms with Crippen molar-refractivity contribution in [3.8, 4) is 0 Å². The van der Waals surface area contributed by atoms with Gasteiger partial charge in [0, 0.05) is 18.8 Å². The van der Waals surface area contributed by atoms with Gasteiger partial charge in [0.15, 0.2) is 10.8 Å². The second-order valence-electron chi connectivity index (χ2n) is 5.96. The average molecular weight is 383 g/mol. The molecular weight excluding hydrogens is 367 g/mol. The molecule has 3 rings (SSSR count). The minimum atomic E-state index is -4.55. The minimum absolute atomic E-state index is 0.0441. The summed E-state index contributed by atoms with van der Waals surface area (Å²) in [5.74, 6) is -0.632. The Labute approximate surface area is 151 Å². The van der Waals surface area contributed by atoms with Crippen molar-refractivity contribution >= 4 is 28.3 Å². The number of nitrogens with zero attached hydrogens (tertiary/aromatic N) is 2. The summed E-state index contributed by atoms with van der Waals surface area (Å²) in [6.07, 6.45) is -3.89. The van der Waals surface area contributed by atoms with E-state index in [4.69, 9.17) is 0 Å². The number of fused-ring (bicyclic) bond motifs is 1. The standard InChI is InChI=1S/C17H16F3N3O2S/c1-10(24)23-7-6-11-4-2-3-5-12(11)13(23)8-15(25)22-16-21-14(9-26-16)17(18,19)20/h2-5,9,13H,6-8H2,1H3,(H,21,22,25). The van der Waals surface area contributed by atoms with E-state index in [1.807, 2.05) is 24.3 Å². The van der Waals surface area contributed by atoms with Crippen molar-refractivity contribution in [1.82, 2.24) is 9.88 Å². The van der Waals surface area contributed by atoms with E-state index in [0.29, 0.717) is 24.3 Å². The summed E-state index contributed by atoms with van der Waals surface area (Å²) in [4.78, 5) is 29.3. The van der Waals surface area contributed by atoms with Crippen molar-refractivity contribution in [2.75, 3.05) is 11.9 Å². The van der Waals surface area contributed by atoms with Gasteiger partial charge in [0.05, 0.1) is 12.5 Å². The van der Waals surface area contributed by atoms with Crippen molar-refractivity contribution in [3.63, 3.8) is 0 Å². The van der Waals surface area contributed by atoms with Crippen molar-refractivity contribution in [2.45, 2.75) is 32.0 Å². The van der Waals surface area contributed by atoms with E-state index >= 15 is 0 Å². The molecule has 5 nitrogen and oxygen atoms in total. The van der Waals surface area contributed by atoms with E-state index in [0.717, 1.165) is 16.5 Å². The molecule has 1 aromatic carbocycles. The Hall–Kier alpha value is -2.42. The molecule has 1 N–H and O–H groups in total. The zero-order chi connectivity index (χ0) is 18.9. The first-order valence-corrected chi connectivity index (χ1v) is 8.81. The second kappa shape index (κ2) is 7.06. The predicted octanol–water partition coefficient (Wildman–Crippen LogP) is 3.64. The Morgan fingerprint density at radius 2 is 2.08 bits per heavy atom. The number of amides is 2. The van der Waals surface area contributed by atoms with E-state index in [1.54, 1.807) is 4.90 Å². The van der Waals surface area contributed by atoms with E-state index in [2.05, 4.69) is 10.3 Å². The lowest BCUT2D eigenvalue weighted by molar-refractivity contribution is -0.140. The summed E-state index contributed by atoms with van der Waals surface area (Å²) in [6.45, 7) is 1.94. The summed E-state index contributed by atoms with van der Waals surface area (Å²) in [5, 5.41) is 3.15. The molecule has 1 aliphatic heterocycles. The van der Waals surface area contributed by atoms with Crippen LogP contribution in [0.2, 0.25) is 0 Å². The van der Waals surface area contributed by atoms with Crippen LogP contribution in [0.25, 0.3) is 0 Å². The SMILES string of the molecule is CC(=O)N1CCc2ccccc2C1CC(=O)Nc1nc(C(F)(F)F)cs1. The first-order valence-electron chi connectivity index (χ1n) is 7.93. The minimum Gasteiger partial charge on any atom is -0.335 e. The van der Waals surface area contributed by atoms with Gasteiger partial charge in [0.25, 0.3) is 0 Å². The Morgan fingerprint density at radius 1 is 1.35 bits per heavy atom. The van der Waals surface area contributed by atoms with Crippen LogP contribution in [-0.4, -0.2) is 28.2 Å². The van der Waals surface area contributed by atoms with Crippen LogP contribution in [0, 0.1) is 0 Å². The lowest BCUT2D eigenvalue weighted by Gasteiger charge is -2.36. The molecule has 2 amide bonds. The molecule has 1 aromatic heterocycles. The number of halogens is 3. The smallest absolute Gasteiger partial charge is 0.335 e. The molecule has 0 aliphatic carbocycles. The van der Waals surface area contributed by atoms with Gasteiger partial charge in [-0.15, -0.1) is 11.3 Å². The zero-order valence-corrected chi connectivity index (χ0v) is 14.7. The van der Waals surface area contributed by atoms with Crippen LogP contribution in [0.4, 0.5) is 18.3 Å². The third kappa shape index (κ3) is 3.87. The van der Waals surface area contributed by atoms with Gasteiger partial charge in [0.1, 0.15) is 0 Å². The molecule has 2 heterocycles. The fraction of sp³-hybridized carbons (Fsp3) is 0.353. The number of hydrogen-bond acceptors (Lipinski definition) is 4. The third-order valence-corrected chi connectivity index (χ3v) is 4.99. The molecule has 0 bridgehead atoms. The van der Waals surface area contributed by atoms with Gasteiger partial charge in [-0.3, -0.25) is 9.59 Å². The third-order valence-electron chi connectivity index (χ3n) is 4.24. The topological polar surface area (TPSA) is 62.3 Å². The van der Waals surface area contributed by atoms with Crippen LogP contribution in [0.3, 0.4) is 0 Å². The van der Waals surface area contributed by atoms with Crippen LogP contribution < -0.4 is 5.32 Å². The Kier molecular flexibility index (Phi) is 4.99. The van der Waals surface area contributed by atoms with Crippen LogP contribution in [-0.2, 0) is 22.2 Å². The molecule has 0 saturated heterocycles. The summed E-state index contributed by atoms with van der Waals surface area (Å²) in [6, 6.07) is 7.11. The van der Waals surface area contributed by atoms with Gasteiger partial charge in [-0.25, -0.2) is 4.98 Å². The Balaban J connectivity index is 1.76. The van der Waals surface area contributed by atoms with E-state index < -0.39 is 23.8 Å². The molecule has 0 radical (unpaired) electrons. The number of carbonyl (C=O) groups excluding carboxylic acids is 2. The van der Waals surface area contributed by atoms with Crippen molar-refractivity contribution in [1.29, 1.82) is 0 Å². The van der Waals surface area contributed by atoms with Crippen LogP contribution in [0.15, 0.2) is 29.6 Å². The largest absolute Gasteiger partial charge is 0.434 e. The maximum atomic E-state index is 12.6. The Morgan fingerprint density at radius 3 is 2.73 bits per heavy atom. The number of nitrogens with one attached hydrogen (secondary N) is 1. The van der Waals surface area contributed by atoms with Crippen molar-refractivity contribution < 1.29 is 22.8 Å². The molecular formula is C17H16F3N3O2S. The molecule has 1 unspecified atom stereocenters. The summed E-state index contributed by atoms with van der Waals surface area (Å²) in [5.41, 5.74) is 0.918. The molecule has 26 heavy (non-hydrogen) atoms. The van der Waals surface area contributed by atoms with E-state index in [-0.39, 0.29) is 17.5 Å². The molecule has 1 aliphatic rings. The number of alkyl halides is 3. The number of aromatic nitrogens is 1. The number of rotatable bonds is 3. The molecule has 0 saturated carbocycles. The molecule has 0 fully saturated rings. The average Bonchev–Trinajstić information content (AvgIpc) is 3.03. The maximum Gasteiger partial charge on any atom is 0.434 e. The highest BCUT2D eigenvalue weighted by Gasteiger charge is 2.34. The predicted molar refractivity (Wildman–Crippen MR) is 90.6 cm³/mol. The lowest BCUT2D eigenvalue weighted by atomic mass is 9.90. The van der Waals surface area contributed by atoms with Crippen LogP contribution in [0.5, 0.6) is 0 Å². The van der Waals surface area contributed by atoms with Gasteiger partial charge < -0.3 is 10.2 Å². The highest BCUT2D eigenvalue weighted by Crippen LogP contribution is 2.34. The zero-order valence-electron chi connectivity index (χ0n) is 13.8. The number of anilines is 1.